The molecule has 0 aliphatic carbocycles. The summed E-state index contributed by atoms with van der Waals surface area (Å²) >= 11 is 0. The fraction of sp³-hybridized carbons (Fsp3) is 0.154. The van der Waals surface area contributed by atoms with Crippen LogP contribution in [0, 0.1) is 5.82 Å². The summed E-state index contributed by atoms with van der Waals surface area (Å²) in [5.74, 6) is -1.98. The van der Waals surface area contributed by atoms with E-state index in [0.717, 1.165) is 16.0 Å². The van der Waals surface area contributed by atoms with Gasteiger partial charge in [0.1, 0.15) is 23.4 Å². The molecule has 3 aromatic carbocycles. The highest BCUT2D eigenvalue weighted by Crippen LogP contribution is 2.29. The van der Waals surface area contributed by atoms with Gasteiger partial charge < -0.3 is 4.74 Å². The number of nitrogens with one attached hydrogen (secondary N) is 1. The lowest BCUT2D eigenvalue weighted by molar-refractivity contribution is -0.140. The molecule has 1 unspecified atom stereocenters. The highest BCUT2D eigenvalue weighted by molar-refractivity contribution is 6.23. The Morgan fingerprint density at radius 2 is 1.69 bits per heavy atom. The zero-order chi connectivity index (χ0) is 24.9. The van der Waals surface area contributed by atoms with Gasteiger partial charge in [-0.1, -0.05) is 31.2 Å². The minimum Gasteiger partial charge on any atom is -0.457 e. The van der Waals surface area contributed by atoms with Crippen LogP contribution in [0.15, 0.2) is 78.9 Å². The van der Waals surface area contributed by atoms with E-state index in [0.29, 0.717) is 17.2 Å². The molecular formula is C26H22FN3O5. The number of amides is 4. The fourth-order valence-corrected chi connectivity index (χ4v) is 3.66. The van der Waals surface area contributed by atoms with Crippen molar-refractivity contribution in [1.82, 2.24) is 10.4 Å². The monoisotopic (exact) mass is 475 g/mol. The zero-order valence-electron chi connectivity index (χ0n) is 18.8. The lowest BCUT2D eigenvalue weighted by Gasteiger charge is -2.27. The maximum Gasteiger partial charge on any atom is 0.269 e. The number of anilines is 1. The molecule has 1 aliphatic heterocycles. The number of carbonyl (C=O) groups excluding carboxylic acids is 4. The van der Waals surface area contributed by atoms with Gasteiger partial charge in [-0.3, -0.25) is 24.6 Å². The predicted molar refractivity (Wildman–Crippen MR) is 125 cm³/mol. The van der Waals surface area contributed by atoms with E-state index in [2.05, 4.69) is 5.43 Å². The van der Waals surface area contributed by atoms with Crippen LogP contribution in [-0.4, -0.2) is 34.7 Å². The molecule has 0 spiro atoms. The Morgan fingerprint density at radius 1 is 1.00 bits per heavy atom. The molecule has 0 bridgehead atoms. The van der Waals surface area contributed by atoms with Gasteiger partial charge in [-0.2, -0.15) is 0 Å². The smallest absolute Gasteiger partial charge is 0.269 e. The van der Waals surface area contributed by atoms with Crippen molar-refractivity contribution in [3.8, 4) is 11.5 Å². The van der Waals surface area contributed by atoms with E-state index in [1.54, 1.807) is 43.3 Å². The number of carbonyl (C=O) groups is 4. The second-order valence-corrected chi connectivity index (χ2v) is 7.76. The van der Waals surface area contributed by atoms with Crippen LogP contribution in [0.4, 0.5) is 10.1 Å². The third kappa shape index (κ3) is 5.19. The van der Waals surface area contributed by atoms with E-state index in [9.17, 15) is 23.6 Å². The van der Waals surface area contributed by atoms with Gasteiger partial charge in [0.2, 0.25) is 11.8 Å². The van der Waals surface area contributed by atoms with Gasteiger partial charge in [-0.05, 0) is 54.6 Å². The predicted octanol–water partition coefficient (Wildman–Crippen LogP) is 3.83. The highest BCUT2D eigenvalue weighted by Gasteiger charge is 2.45. The summed E-state index contributed by atoms with van der Waals surface area (Å²) in [5, 5.41) is 0.861. The van der Waals surface area contributed by atoms with E-state index in [1.165, 1.54) is 18.2 Å². The normalized spacial score (nSPS) is 15.1. The quantitative estimate of drug-likeness (QED) is 0.432. The molecule has 8 nitrogen and oxygen atoms in total. The zero-order valence-corrected chi connectivity index (χ0v) is 18.8. The average Bonchev–Trinajstić information content (AvgIpc) is 3.16. The van der Waals surface area contributed by atoms with Gasteiger partial charge in [0.15, 0.2) is 0 Å². The van der Waals surface area contributed by atoms with Crippen molar-refractivity contribution in [2.24, 2.45) is 0 Å². The largest absolute Gasteiger partial charge is 0.457 e. The van der Waals surface area contributed by atoms with Crippen molar-refractivity contribution >= 4 is 29.3 Å². The molecule has 1 heterocycles. The lowest BCUT2D eigenvalue weighted by Crippen LogP contribution is -2.54. The molecule has 1 atom stereocenters. The van der Waals surface area contributed by atoms with Crippen molar-refractivity contribution in [3.63, 3.8) is 0 Å². The number of rotatable bonds is 6. The van der Waals surface area contributed by atoms with Gasteiger partial charge in [-0.15, -0.1) is 0 Å². The SMILES string of the molecule is CCC(=O)N(NC(=O)c1cccc(F)c1)C1CC(=O)N(c2ccc(Oc3ccccc3)cc2)C1=O. The van der Waals surface area contributed by atoms with Crippen LogP contribution < -0.4 is 15.1 Å². The van der Waals surface area contributed by atoms with Gasteiger partial charge >= 0.3 is 0 Å². The van der Waals surface area contributed by atoms with E-state index in [4.69, 9.17) is 4.74 Å². The summed E-state index contributed by atoms with van der Waals surface area (Å²) in [6.45, 7) is 1.56. The molecule has 9 heteroatoms. The number of halogens is 1. The van der Waals surface area contributed by atoms with Crippen LogP contribution in [-0.2, 0) is 14.4 Å². The number of hydrazine groups is 1. The van der Waals surface area contributed by atoms with E-state index in [1.807, 2.05) is 18.2 Å². The van der Waals surface area contributed by atoms with E-state index in [-0.39, 0.29) is 18.4 Å². The standard InChI is InChI=1S/C26H22FN3O5/c1-2-23(31)30(28-25(33)17-7-6-8-18(27)15-17)22-16-24(32)29(26(22)34)19-11-13-21(14-12-19)35-20-9-4-3-5-10-20/h3-15,22H,2,16H2,1H3,(H,28,33). The molecule has 35 heavy (non-hydrogen) atoms. The second kappa shape index (κ2) is 10.2. The maximum absolute atomic E-state index is 13.5. The third-order valence-corrected chi connectivity index (χ3v) is 5.39. The van der Waals surface area contributed by atoms with Crippen LogP contribution >= 0.6 is 0 Å². The first-order valence-corrected chi connectivity index (χ1v) is 11.0. The first-order chi connectivity index (χ1) is 16.9. The van der Waals surface area contributed by atoms with Crippen LogP contribution in [0.2, 0.25) is 0 Å². The molecular weight excluding hydrogens is 453 g/mol. The number of nitrogens with zero attached hydrogens (tertiary/aromatic N) is 2. The fourth-order valence-electron chi connectivity index (χ4n) is 3.66. The first-order valence-electron chi connectivity index (χ1n) is 11.0. The molecule has 0 saturated carbocycles. The number of benzene rings is 3. The van der Waals surface area contributed by atoms with Crippen molar-refractivity contribution in [1.29, 1.82) is 0 Å². The Morgan fingerprint density at radius 3 is 2.34 bits per heavy atom. The highest BCUT2D eigenvalue weighted by atomic mass is 19.1. The minimum absolute atomic E-state index is 0.0209. The molecule has 1 saturated heterocycles. The molecule has 1 fully saturated rings. The van der Waals surface area contributed by atoms with E-state index >= 15 is 0 Å². The Hall–Kier alpha value is -4.53. The number of ether oxygens (including phenoxy) is 1. The van der Waals surface area contributed by atoms with Crippen LogP contribution in [0.5, 0.6) is 11.5 Å². The number of hydrogen-bond acceptors (Lipinski definition) is 5. The third-order valence-electron chi connectivity index (χ3n) is 5.39. The Bertz CT molecular complexity index is 1260. The summed E-state index contributed by atoms with van der Waals surface area (Å²) in [7, 11) is 0. The number of para-hydroxylation sites is 1. The summed E-state index contributed by atoms with van der Waals surface area (Å²) in [6, 6.07) is 19.2. The first kappa shape index (κ1) is 23.6. The molecule has 1 N–H and O–H groups in total. The maximum atomic E-state index is 13.5. The van der Waals surface area contributed by atoms with Crippen LogP contribution in [0.1, 0.15) is 30.1 Å². The van der Waals surface area contributed by atoms with Gasteiger partial charge in [0, 0.05) is 12.0 Å². The molecule has 4 amide bonds. The van der Waals surface area contributed by atoms with Crippen LogP contribution in [0.3, 0.4) is 0 Å². The van der Waals surface area contributed by atoms with Gasteiger partial charge in [-0.25, -0.2) is 14.3 Å². The Kier molecular flexibility index (Phi) is 6.86. The molecule has 178 valence electrons. The van der Waals surface area contributed by atoms with E-state index < -0.39 is 35.5 Å². The molecule has 1 aliphatic rings. The van der Waals surface area contributed by atoms with Crippen molar-refractivity contribution in [2.45, 2.75) is 25.8 Å². The van der Waals surface area contributed by atoms with Gasteiger partial charge in [0.25, 0.3) is 11.8 Å². The molecule has 0 aromatic heterocycles. The molecule has 0 radical (unpaired) electrons. The Balaban J connectivity index is 1.52. The summed E-state index contributed by atoms with van der Waals surface area (Å²) in [4.78, 5) is 52.1. The molecule has 4 rings (SSSR count). The summed E-state index contributed by atoms with van der Waals surface area (Å²) in [6.07, 6.45) is -0.330. The van der Waals surface area contributed by atoms with Crippen LogP contribution in [0.25, 0.3) is 0 Å². The Labute approximate surface area is 200 Å². The second-order valence-electron chi connectivity index (χ2n) is 7.76. The summed E-state index contributed by atoms with van der Waals surface area (Å²) < 4.78 is 19.3. The van der Waals surface area contributed by atoms with Crippen molar-refractivity contribution < 1.29 is 28.3 Å². The topological polar surface area (TPSA) is 96.0 Å². The number of hydrogen-bond donors (Lipinski definition) is 1. The van der Waals surface area contributed by atoms with Crippen molar-refractivity contribution in [3.05, 3.63) is 90.2 Å². The summed E-state index contributed by atoms with van der Waals surface area (Å²) in [5.41, 5.74) is 2.65. The van der Waals surface area contributed by atoms with Gasteiger partial charge in [0.05, 0.1) is 12.1 Å². The number of imide groups is 1. The minimum atomic E-state index is -1.23. The average molecular weight is 475 g/mol. The van der Waals surface area contributed by atoms with Crippen molar-refractivity contribution in [2.75, 3.05) is 4.90 Å². The molecule has 3 aromatic rings. The lowest BCUT2D eigenvalue weighted by atomic mass is 10.2.